The number of carboxylic acid groups (broad SMARTS) is 1. The fraction of sp³-hybridized carbons (Fsp3) is 0.188. The highest BCUT2D eigenvalue weighted by Gasteiger charge is 2.20. The zero-order valence-corrected chi connectivity index (χ0v) is 11.3. The lowest BCUT2D eigenvalue weighted by atomic mass is 9.99. The van der Waals surface area contributed by atoms with Crippen molar-refractivity contribution in [1.82, 2.24) is 0 Å². The molecule has 5 heteroatoms. The van der Waals surface area contributed by atoms with Crippen LogP contribution in [0.5, 0.6) is 11.5 Å². The number of ether oxygens (including phenoxy) is 2. The summed E-state index contributed by atoms with van der Waals surface area (Å²) in [5.41, 5.74) is 1.58. The van der Waals surface area contributed by atoms with Gasteiger partial charge in [0.15, 0.2) is 11.5 Å². The van der Waals surface area contributed by atoms with E-state index in [1.54, 1.807) is 0 Å². The normalized spacial score (nSPS) is 13.7. The number of hydrogen-bond acceptors (Lipinski definition) is 4. The Morgan fingerprint density at radius 1 is 1.14 bits per heavy atom. The first-order valence-electron chi connectivity index (χ1n) is 6.65. The van der Waals surface area contributed by atoms with E-state index < -0.39 is 11.9 Å². The minimum atomic E-state index is -0.852. The number of anilines is 1. The Morgan fingerprint density at radius 3 is 2.67 bits per heavy atom. The van der Waals surface area contributed by atoms with E-state index in [4.69, 9.17) is 9.47 Å². The third-order valence-electron chi connectivity index (χ3n) is 3.38. The van der Waals surface area contributed by atoms with Crippen molar-refractivity contribution in [2.75, 3.05) is 18.7 Å². The lowest BCUT2D eigenvalue weighted by molar-refractivity contribution is -0.138. The van der Waals surface area contributed by atoms with Crippen LogP contribution in [0.4, 0.5) is 5.69 Å². The van der Waals surface area contributed by atoms with E-state index in [-0.39, 0.29) is 6.79 Å². The Hall–Kier alpha value is -2.69. The average Bonchev–Trinajstić information content (AvgIpc) is 2.96. The van der Waals surface area contributed by atoms with Gasteiger partial charge in [-0.2, -0.15) is 0 Å². The van der Waals surface area contributed by atoms with Crippen LogP contribution < -0.4 is 14.8 Å². The SMILES string of the molecule is O=C(O)C(CNc1ccc2c(c1)OCO2)c1ccccc1. The molecule has 1 heterocycles. The van der Waals surface area contributed by atoms with Gasteiger partial charge in [0, 0.05) is 18.3 Å². The number of fused-ring (bicyclic) bond motifs is 1. The van der Waals surface area contributed by atoms with Crippen LogP contribution in [-0.2, 0) is 4.79 Å². The first-order valence-corrected chi connectivity index (χ1v) is 6.65. The molecule has 3 rings (SSSR count). The van der Waals surface area contributed by atoms with Crippen LogP contribution in [0, 0.1) is 0 Å². The monoisotopic (exact) mass is 285 g/mol. The van der Waals surface area contributed by atoms with Crippen molar-refractivity contribution in [2.45, 2.75) is 5.92 Å². The van der Waals surface area contributed by atoms with Gasteiger partial charge in [0.2, 0.25) is 6.79 Å². The van der Waals surface area contributed by atoms with E-state index in [0.29, 0.717) is 18.0 Å². The van der Waals surface area contributed by atoms with Crippen molar-refractivity contribution in [3.05, 3.63) is 54.1 Å². The molecule has 21 heavy (non-hydrogen) atoms. The molecule has 1 aliphatic heterocycles. The first kappa shape index (κ1) is 13.3. The van der Waals surface area contributed by atoms with Gasteiger partial charge in [-0.25, -0.2) is 0 Å². The van der Waals surface area contributed by atoms with Gasteiger partial charge in [-0.05, 0) is 17.7 Å². The summed E-state index contributed by atoms with van der Waals surface area (Å²) in [6.45, 7) is 0.527. The Labute approximate surface area is 122 Å². The van der Waals surface area contributed by atoms with E-state index in [1.807, 2.05) is 48.5 Å². The highest BCUT2D eigenvalue weighted by Crippen LogP contribution is 2.34. The summed E-state index contributed by atoms with van der Waals surface area (Å²) >= 11 is 0. The van der Waals surface area contributed by atoms with Crippen molar-refractivity contribution in [3.63, 3.8) is 0 Å². The second kappa shape index (κ2) is 5.75. The van der Waals surface area contributed by atoms with Crippen LogP contribution in [0.1, 0.15) is 11.5 Å². The molecule has 0 saturated carbocycles. The Morgan fingerprint density at radius 2 is 1.90 bits per heavy atom. The summed E-state index contributed by atoms with van der Waals surface area (Å²) in [7, 11) is 0. The summed E-state index contributed by atoms with van der Waals surface area (Å²) in [5.74, 6) is -0.0731. The summed E-state index contributed by atoms with van der Waals surface area (Å²) in [4.78, 5) is 11.4. The van der Waals surface area contributed by atoms with Crippen molar-refractivity contribution in [3.8, 4) is 11.5 Å². The maximum Gasteiger partial charge on any atom is 0.312 e. The van der Waals surface area contributed by atoms with Crippen molar-refractivity contribution in [2.24, 2.45) is 0 Å². The highest BCUT2D eigenvalue weighted by molar-refractivity contribution is 5.77. The fourth-order valence-electron chi connectivity index (χ4n) is 2.26. The van der Waals surface area contributed by atoms with Crippen molar-refractivity contribution in [1.29, 1.82) is 0 Å². The average molecular weight is 285 g/mol. The summed E-state index contributed by atoms with van der Waals surface area (Å²) in [6, 6.07) is 14.7. The first-order chi connectivity index (χ1) is 10.2. The molecule has 1 atom stereocenters. The van der Waals surface area contributed by atoms with Gasteiger partial charge < -0.3 is 19.9 Å². The Kier molecular flexibility index (Phi) is 3.64. The van der Waals surface area contributed by atoms with Crippen LogP contribution in [0.25, 0.3) is 0 Å². The van der Waals surface area contributed by atoms with Gasteiger partial charge in [-0.1, -0.05) is 30.3 Å². The molecule has 0 fully saturated rings. The van der Waals surface area contributed by atoms with E-state index in [0.717, 1.165) is 11.3 Å². The van der Waals surface area contributed by atoms with E-state index >= 15 is 0 Å². The van der Waals surface area contributed by atoms with Crippen LogP contribution >= 0.6 is 0 Å². The lowest BCUT2D eigenvalue weighted by Crippen LogP contribution is -2.20. The minimum absolute atomic E-state index is 0.223. The van der Waals surface area contributed by atoms with E-state index in [2.05, 4.69) is 5.32 Å². The fourth-order valence-corrected chi connectivity index (χ4v) is 2.26. The molecule has 1 aliphatic rings. The van der Waals surface area contributed by atoms with Crippen LogP contribution in [0.3, 0.4) is 0 Å². The van der Waals surface area contributed by atoms with Gasteiger partial charge in [-0.15, -0.1) is 0 Å². The molecule has 1 unspecified atom stereocenters. The summed E-state index contributed by atoms with van der Waals surface area (Å²) in [5, 5.41) is 12.5. The molecular formula is C16H15NO4. The standard InChI is InChI=1S/C16H15NO4/c18-16(19)13(11-4-2-1-3-5-11)9-17-12-6-7-14-15(8-12)21-10-20-14/h1-8,13,17H,9-10H2,(H,18,19). The van der Waals surface area contributed by atoms with E-state index in [9.17, 15) is 9.90 Å². The molecule has 5 nitrogen and oxygen atoms in total. The number of aliphatic carboxylic acids is 1. The maximum atomic E-state index is 11.4. The molecule has 2 aromatic rings. The van der Waals surface area contributed by atoms with Crippen molar-refractivity contribution < 1.29 is 19.4 Å². The molecule has 0 radical (unpaired) electrons. The number of rotatable bonds is 5. The quantitative estimate of drug-likeness (QED) is 0.884. The second-order valence-corrected chi connectivity index (χ2v) is 4.75. The lowest BCUT2D eigenvalue weighted by Gasteiger charge is -2.15. The molecule has 2 N–H and O–H groups in total. The molecule has 0 amide bonds. The predicted molar refractivity (Wildman–Crippen MR) is 77.9 cm³/mol. The maximum absolute atomic E-state index is 11.4. The third-order valence-corrected chi connectivity index (χ3v) is 3.38. The Bertz CT molecular complexity index is 642. The number of carboxylic acids is 1. The summed E-state index contributed by atoms with van der Waals surface area (Å²) < 4.78 is 10.5. The third kappa shape index (κ3) is 2.91. The molecule has 0 aromatic heterocycles. The zero-order valence-electron chi connectivity index (χ0n) is 11.3. The zero-order chi connectivity index (χ0) is 14.7. The van der Waals surface area contributed by atoms with Gasteiger partial charge in [-0.3, -0.25) is 4.79 Å². The molecule has 0 aliphatic carbocycles. The molecular weight excluding hydrogens is 270 g/mol. The van der Waals surface area contributed by atoms with Crippen molar-refractivity contribution >= 4 is 11.7 Å². The van der Waals surface area contributed by atoms with E-state index in [1.165, 1.54) is 0 Å². The smallest absolute Gasteiger partial charge is 0.312 e. The van der Waals surface area contributed by atoms with Gasteiger partial charge >= 0.3 is 5.97 Å². The molecule has 108 valence electrons. The largest absolute Gasteiger partial charge is 0.481 e. The van der Waals surface area contributed by atoms with Crippen LogP contribution in [-0.4, -0.2) is 24.4 Å². The minimum Gasteiger partial charge on any atom is -0.481 e. The van der Waals surface area contributed by atoms with Crippen LogP contribution in [0.2, 0.25) is 0 Å². The second-order valence-electron chi connectivity index (χ2n) is 4.75. The Balaban J connectivity index is 1.71. The number of benzene rings is 2. The predicted octanol–water partition coefficient (Wildman–Crippen LogP) is 2.70. The van der Waals surface area contributed by atoms with Gasteiger partial charge in [0.05, 0.1) is 5.92 Å². The topological polar surface area (TPSA) is 67.8 Å². The number of nitrogens with one attached hydrogen (secondary N) is 1. The highest BCUT2D eigenvalue weighted by atomic mass is 16.7. The molecule has 2 aromatic carbocycles. The van der Waals surface area contributed by atoms with Crippen LogP contribution in [0.15, 0.2) is 48.5 Å². The molecule has 0 spiro atoms. The van der Waals surface area contributed by atoms with Gasteiger partial charge in [0.1, 0.15) is 0 Å². The summed E-state index contributed by atoms with van der Waals surface area (Å²) in [6.07, 6.45) is 0. The molecule has 0 bridgehead atoms. The molecule has 0 saturated heterocycles. The number of carbonyl (C=O) groups is 1. The number of hydrogen-bond donors (Lipinski definition) is 2. The van der Waals surface area contributed by atoms with Gasteiger partial charge in [0.25, 0.3) is 0 Å².